The van der Waals surface area contributed by atoms with Crippen molar-refractivity contribution < 1.29 is 17.6 Å². The summed E-state index contributed by atoms with van der Waals surface area (Å²) in [5.41, 5.74) is 21.3. The summed E-state index contributed by atoms with van der Waals surface area (Å²) in [6.45, 7) is 0. The lowest BCUT2D eigenvalue weighted by atomic mass is 9.82. The van der Waals surface area contributed by atoms with Gasteiger partial charge in [0, 0.05) is 6.07 Å². The van der Waals surface area contributed by atoms with Gasteiger partial charge < -0.3 is 0 Å². The van der Waals surface area contributed by atoms with Gasteiger partial charge in [-0.25, -0.2) is 17.6 Å². The molecule has 0 aliphatic rings. The maximum Gasteiger partial charge on any atom is 0.126 e. The molecule has 524 valence electrons. The Morgan fingerprint density at radius 2 is 0.357 bits per heavy atom. The van der Waals surface area contributed by atoms with Gasteiger partial charge in [0.05, 0.1) is 0 Å². The Hall–Kier alpha value is -14.3. The molecule has 0 spiro atoms. The number of benzene rings is 21. The van der Waals surface area contributed by atoms with Crippen LogP contribution >= 0.6 is 0 Å². The van der Waals surface area contributed by atoms with Crippen LogP contribution in [0.2, 0.25) is 0 Å². The zero-order chi connectivity index (χ0) is 74.7. The molecule has 112 heavy (non-hydrogen) atoms. The van der Waals surface area contributed by atoms with Crippen LogP contribution in [0, 0.1) is 23.3 Å². The van der Waals surface area contributed by atoms with Crippen LogP contribution in [0.5, 0.6) is 0 Å². The first kappa shape index (κ1) is 65.9. The number of hydrogen-bond acceptors (Lipinski definition) is 0. The molecule has 0 unspecified atom stereocenters. The summed E-state index contributed by atoms with van der Waals surface area (Å²) >= 11 is 0. The Balaban J connectivity index is 0.812. The predicted octanol–water partition coefficient (Wildman–Crippen LogP) is 31.0. The fraction of sp³-hybridized carbons (Fsp3) is 0. The van der Waals surface area contributed by atoms with E-state index in [0.717, 1.165) is 193 Å². The molecule has 0 radical (unpaired) electrons. The molecule has 0 nitrogen and oxygen atoms in total. The summed E-state index contributed by atoms with van der Waals surface area (Å²) in [6.07, 6.45) is 0. The second-order valence-electron chi connectivity index (χ2n) is 29.4. The predicted molar refractivity (Wildman–Crippen MR) is 464 cm³/mol. The fourth-order valence-corrected chi connectivity index (χ4v) is 18.0. The van der Waals surface area contributed by atoms with E-state index in [-0.39, 0.29) is 11.6 Å². The maximum absolute atomic E-state index is 16.2. The molecule has 0 aromatic heterocycles. The van der Waals surface area contributed by atoms with E-state index in [2.05, 4.69) is 322 Å². The average molecular weight is 1440 g/mol. The molecule has 0 fully saturated rings. The highest BCUT2D eigenvalue weighted by molar-refractivity contribution is 6.26. The van der Waals surface area contributed by atoms with Crippen LogP contribution in [0.3, 0.4) is 0 Å². The Morgan fingerprint density at radius 3 is 0.705 bits per heavy atom. The van der Waals surface area contributed by atoms with E-state index in [1.165, 1.54) is 51.9 Å². The third kappa shape index (κ3) is 11.2. The SMILES string of the molecule is Fc1ccc(-c2c3ccccc3c(-c3ccc(-c4cccc5ccccc45)cc3)c3cc(-c4ccc5c(-c6cc(F)cc(F)c6)c6ccc(-c7ccc8c(-c9cccc(F)c9)c9ccccc9c(-c9ccc(-c%10cccc%11ccccc%10%11)cc9)c8c7)cc6c(-c6ccc(-c7cccc8ccccc78)cc6)c5c4)ccc23)cc1. The van der Waals surface area contributed by atoms with E-state index in [9.17, 15) is 4.39 Å². The average Bonchev–Trinajstić information content (AvgIpc) is 0.727. The Labute approximate surface area is 644 Å². The van der Waals surface area contributed by atoms with Gasteiger partial charge in [0.25, 0.3) is 0 Å². The molecule has 0 saturated heterocycles. The highest BCUT2D eigenvalue weighted by atomic mass is 19.1. The van der Waals surface area contributed by atoms with Gasteiger partial charge in [-0.2, -0.15) is 0 Å². The summed E-state index contributed by atoms with van der Waals surface area (Å²) in [6, 6.07) is 132. The van der Waals surface area contributed by atoms with E-state index >= 15 is 13.2 Å². The Bertz CT molecular complexity index is 7410. The van der Waals surface area contributed by atoms with Crippen molar-refractivity contribution in [2.75, 3.05) is 0 Å². The lowest BCUT2D eigenvalue weighted by Gasteiger charge is -2.21. The number of hydrogen-bond donors (Lipinski definition) is 0. The highest BCUT2D eigenvalue weighted by Crippen LogP contribution is 2.52. The van der Waals surface area contributed by atoms with Gasteiger partial charge in [0.15, 0.2) is 0 Å². The van der Waals surface area contributed by atoms with Gasteiger partial charge in [-0.1, -0.05) is 322 Å². The lowest BCUT2D eigenvalue weighted by Crippen LogP contribution is -1.95. The van der Waals surface area contributed by atoms with Crippen LogP contribution < -0.4 is 0 Å². The van der Waals surface area contributed by atoms with Crippen LogP contribution in [0.4, 0.5) is 17.6 Å². The molecule has 4 heteroatoms. The fourth-order valence-electron chi connectivity index (χ4n) is 18.0. The zero-order valence-electron chi connectivity index (χ0n) is 60.5. The van der Waals surface area contributed by atoms with Crippen LogP contribution in [-0.2, 0) is 0 Å². The van der Waals surface area contributed by atoms with Crippen molar-refractivity contribution in [3.8, 4) is 122 Å². The smallest absolute Gasteiger partial charge is 0.126 e. The van der Waals surface area contributed by atoms with E-state index in [0.29, 0.717) is 11.1 Å². The summed E-state index contributed by atoms with van der Waals surface area (Å²) in [4.78, 5) is 0. The summed E-state index contributed by atoms with van der Waals surface area (Å²) < 4.78 is 63.1. The van der Waals surface area contributed by atoms with E-state index in [4.69, 9.17) is 0 Å². The molecule has 0 atom stereocenters. The molecule has 0 aliphatic carbocycles. The standard InChI is InChI=1S/C108H64F4/c109-81-51-45-74(46-52-81)103-91-26-7-8-27-92(91)104(71-39-33-68(34-40-71)88-30-12-18-65-15-1-4-23-85(65)88)99-60-75(47-53-95(99)103)77-49-55-97-101(62-77)106(73-43-37-70(38-44-73)90-32-14-20-67-17-3-6-25-87(67)90)102-63-78(50-56-98(102)108(97)80-58-83(111)64-84(112)59-80)76-48-54-96-100(61-76)105(93-28-9-10-29-94(93)107(96)79-21-11-22-82(110)57-79)72-41-35-69(36-42-72)89-31-13-19-66-16-2-5-24-86(66)89/h1-64H. The van der Waals surface area contributed by atoms with E-state index in [1.54, 1.807) is 12.1 Å². The molecule has 0 N–H and O–H groups in total. The highest BCUT2D eigenvalue weighted by Gasteiger charge is 2.25. The number of rotatable bonds is 11. The van der Waals surface area contributed by atoms with Gasteiger partial charge in [0.2, 0.25) is 0 Å². The quantitative estimate of drug-likeness (QED) is 0.0894. The van der Waals surface area contributed by atoms with Crippen LogP contribution in [-0.4, -0.2) is 0 Å². The van der Waals surface area contributed by atoms with Crippen LogP contribution in [0.1, 0.15) is 0 Å². The van der Waals surface area contributed by atoms with Gasteiger partial charge in [-0.05, 0) is 280 Å². The van der Waals surface area contributed by atoms with Gasteiger partial charge >= 0.3 is 0 Å². The van der Waals surface area contributed by atoms with Crippen molar-refractivity contribution >= 4 is 97.0 Å². The summed E-state index contributed by atoms with van der Waals surface area (Å²) in [5.74, 6) is -1.98. The zero-order valence-corrected chi connectivity index (χ0v) is 60.5. The van der Waals surface area contributed by atoms with Crippen LogP contribution in [0.25, 0.3) is 219 Å². The molecule has 0 saturated carbocycles. The van der Waals surface area contributed by atoms with Crippen LogP contribution in [0.15, 0.2) is 388 Å². The Morgan fingerprint density at radius 1 is 0.116 bits per heavy atom. The second-order valence-corrected chi connectivity index (χ2v) is 29.4. The van der Waals surface area contributed by atoms with E-state index in [1.807, 2.05) is 18.2 Å². The van der Waals surface area contributed by atoms with Crippen molar-refractivity contribution in [2.45, 2.75) is 0 Å². The second kappa shape index (κ2) is 26.8. The minimum Gasteiger partial charge on any atom is -0.207 e. The minimum atomic E-state index is -0.680. The van der Waals surface area contributed by atoms with Gasteiger partial charge in [0.1, 0.15) is 23.3 Å². The molecule has 0 amide bonds. The lowest BCUT2D eigenvalue weighted by molar-refractivity contribution is 0.584. The topological polar surface area (TPSA) is 0 Å². The van der Waals surface area contributed by atoms with Crippen molar-refractivity contribution in [2.24, 2.45) is 0 Å². The molecule has 0 heterocycles. The summed E-state index contributed by atoms with van der Waals surface area (Å²) in [7, 11) is 0. The molecule has 0 bridgehead atoms. The normalized spacial score (nSPS) is 11.8. The number of halogens is 4. The van der Waals surface area contributed by atoms with Crippen molar-refractivity contribution in [3.05, 3.63) is 412 Å². The Kier molecular flexibility index (Phi) is 15.8. The third-order valence-corrected chi connectivity index (χ3v) is 23.1. The first-order valence-corrected chi connectivity index (χ1v) is 37.9. The third-order valence-electron chi connectivity index (χ3n) is 23.1. The minimum absolute atomic E-state index is 0.307. The monoisotopic (exact) mass is 1440 g/mol. The molecular weight excluding hydrogens is 1370 g/mol. The molecule has 21 rings (SSSR count). The molecule has 0 aliphatic heterocycles. The van der Waals surface area contributed by atoms with Crippen molar-refractivity contribution in [3.63, 3.8) is 0 Å². The first-order chi connectivity index (χ1) is 55.2. The van der Waals surface area contributed by atoms with Crippen molar-refractivity contribution in [1.82, 2.24) is 0 Å². The van der Waals surface area contributed by atoms with Crippen molar-refractivity contribution in [1.29, 1.82) is 0 Å². The molecule has 21 aromatic carbocycles. The summed E-state index contributed by atoms with van der Waals surface area (Å²) in [5, 5.41) is 18.5. The van der Waals surface area contributed by atoms with Gasteiger partial charge in [-0.3, -0.25) is 0 Å². The maximum atomic E-state index is 16.2. The molecular formula is C108H64F4. The van der Waals surface area contributed by atoms with E-state index < -0.39 is 11.6 Å². The molecule has 21 aromatic rings. The first-order valence-electron chi connectivity index (χ1n) is 37.9. The number of fused-ring (bicyclic) bond motifs is 9. The van der Waals surface area contributed by atoms with Gasteiger partial charge in [-0.15, -0.1) is 0 Å². The largest absolute Gasteiger partial charge is 0.207 e.